The number of hydrogen-bond donors (Lipinski definition) is 1. The number of benzene rings is 3. The van der Waals surface area contributed by atoms with Gasteiger partial charge in [-0.3, -0.25) is 18.7 Å². The van der Waals surface area contributed by atoms with E-state index in [9.17, 15) is 14.4 Å². The zero-order valence-electron chi connectivity index (χ0n) is 23.1. The fourth-order valence-corrected chi connectivity index (χ4v) is 5.79. The summed E-state index contributed by atoms with van der Waals surface area (Å²) in [5.74, 6) is 0.111. The maximum absolute atomic E-state index is 14.0. The van der Waals surface area contributed by atoms with Crippen molar-refractivity contribution in [1.82, 2.24) is 19.4 Å². The van der Waals surface area contributed by atoms with Crippen LogP contribution in [0.5, 0.6) is 5.75 Å². The SMILES string of the molecule is CC(NC(=O)c1c2n(c(=O)n1-c1ccc(OC3CCC3)cc1)CCN(C(=O)c1ccc(Br)c(Cl)c1)C2)c1ccccc1. The number of carbonyl (C=O) groups is 2. The average Bonchev–Trinajstić information content (AvgIpc) is 3.28. The van der Waals surface area contributed by atoms with Gasteiger partial charge in [0.05, 0.1) is 35.1 Å². The van der Waals surface area contributed by atoms with Crippen molar-refractivity contribution in [2.45, 2.75) is 51.4 Å². The highest BCUT2D eigenvalue weighted by molar-refractivity contribution is 9.10. The minimum Gasteiger partial charge on any atom is -0.490 e. The van der Waals surface area contributed by atoms with Crippen LogP contribution in [0.15, 0.2) is 82.1 Å². The maximum Gasteiger partial charge on any atom is 0.333 e. The molecule has 3 aromatic carbocycles. The first kappa shape index (κ1) is 28.3. The molecule has 1 unspecified atom stereocenters. The van der Waals surface area contributed by atoms with E-state index in [4.69, 9.17) is 16.3 Å². The van der Waals surface area contributed by atoms with Gasteiger partial charge in [0.1, 0.15) is 11.4 Å². The van der Waals surface area contributed by atoms with Crippen LogP contribution in [0.3, 0.4) is 0 Å². The number of hydrogen-bond acceptors (Lipinski definition) is 4. The van der Waals surface area contributed by atoms with Crippen LogP contribution in [0, 0.1) is 0 Å². The summed E-state index contributed by atoms with van der Waals surface area (Å²) in [6.45, 7) is 2.58. The molecule has 1 N–H and O–H groups in total. The second kappa shape index (κ2) is 11.8. The summed E-state index contributed by atoms with van der Waals surface area (Å²) in [5, 5.41) is 3.50. The topological polar surface area (TPSA) is 85.6 Å². The molecule has 42 heavy (non-hydrogen) atoms. The normalized spacial score (nSPS) is 15.5. The molecule has 4 aromatic rings. The van der Waals surface area contributed by atoms with E-state index in [0.717, 1.165) is 24.2 Å². The molecule has 2 heterocycles. The number of halogens is 2. The van der Waals surface area contributed by atoms with Gasteiger partial charge in [0, 0.05) is 23.1 Å². The summed E-state index contributed by atoms with van der Waals surface area (Å²) in [6.07, 6.45) is 3.48. The second-order valence-corrected chi connectivity index (χ2v) is 12.0. The summed E-state index contributed by atoms with van der Waals surface area (Å²) in [6, 6.07) is 21.6. The smallest absolute Gasteiger partial charge is 0.333 e. The Morgan fingerprint density at radius 3 is 2.43 bits per heavy atom. The molecule has 0 spiro atoms. The number of rotatable bonds is 7. The van der Waals surface area contributed by atoms with E-state index in [1.807, 2.05) is 49.4 Å². The average molecular weight is 650 g/mol. The molecule has 1 aliphatic carbocycles. The first-order valence-corrected chi connectivity index (χ1v) is 15.2. The molecule has 0 radical (unpaired) electrons. The summed E-state index contributed by atoms with van der Waals surface area (Å²) in [7, 11) is 0. The van der Waals surface area contributed by atoms with E-state index >= 15 is 0 Å². The molecule has 0 saturated heterocycles. The number of amides is 2. The first-order chi connectivity index (χ1) is 20.3. The largest absolute Gasteiger partial charge is 0.490 e. The van der Waals surface area contributed by atoms with Crippen molar-refractivity contribution in [2.75, 3.05) is 6.54 Å². The highest BCUT2D eigenvalue weighted by Gasteiger charge is 2.33. The van der Waals surface area contributed by atoms with E-state index < -0.39 is 5.91 Å². The van der Waals surface area contributed by atoms with Gasteiger partial charge in [-0.1, -0.05) is 41.9 Å². The summed E-state index contributed by atoms with van der Waals surface area (Å²) in [4.78, 5) is 42.9. The van der Waals surface area contributed by atoms with Crippen molar-refractivity contribution in [3.63, 3.8) is 0 Å². The molecule has 0 bridgehead atoms. The Morgan fingerprint density at radius 1 is 1.02 bits per heavy atom. The Labute approximate surface area is 257 Å². The zero-order valence-corrected chi connectivity index (χ0v) is 25.4. The molecule has 6 rings (SSSR count). The molecule has 2 amide bonds. The van der Waals surface area contributed by atoms with Crippen LogP contribution in [0.1, 0.15) is 64.3 Å². The fourth-order valence-electron chi connectivity index (χ4n) is 5.36. The molecule has 8 nitrogen and oxygen atoms in total. The van der Waals surface area contributed by atoms with Crippen molar-refractivity contribution in [3.05, 3.63) is 115 Å². The van der Waals surface area contributed by atoms with Crippen molar-refractivity contribution < 1.29 is 14.3 Å². The first-order valence-electron chi connectivity index (χ1n) is 14.0. The van der Waals surface area contributed by atoms with Crippen molar-refractivity contribution in [3.8, 4) is 11.4 Å². The molecular formula is C32H30BrClN4O4. The molecule has 216 valence electrons. The molecule has 1 aromatic heterocycles. The number of carbonyl (C=O) groups excluding carboxylic acids is 2. The molecule has 10 heteroatoms. The number of fused-ring (bicyclic) bond motifs is 1. The van der Waals surface area contributed by atoms with Crippen LogP contribution in [-0.4, -0.2) is 38.5 Å². The molecular weight excluding hydrogens is 620 g/mol. The van der Waals surface area contributed by atoms with Crippen LogP contribution in [-0.2, 0) is 13.1 Å². The Hall–Kier alpha value is -3.82. The van der Waals surface area contributed by atoms with Crippen LogP contribution in [0.25, 0.3) is 5.69 Å². The molecule has 1 fully saturated rings. The number of nitrogens with zero attached hydrogens (tertiary/aromatic N) is 3. The summed E-state index contributed by atoms with van der Waals surface area (Å²) >= 11 is 9.62. The van der Waals surface area contributed by atoms with E-state index in [2.05, 4.69) is 21.2 Å². The van der Waals surface area contributed by atoms with Crippen LogP contribution in [0.4, 0.5) is 0 Å². The third-order valence-corrected chi connectivity index (χ3v) is 9.18. The van der Waals surface area contributed by atoms with Gasteiger partial charge in [-0.15, -0.1) is 0 Å². The lowest BCUT2D eigenvalue weighted by atomic mass is 9.96. The maximum atomic E-state index is 14.0. The lowest BCUT2D eigenvalue weighted by molar-refractivity contribution is 0.0706. The minimum absolute atomic E-state index is 0.0973. The quantitative estimate of drug-likeness (QED) is 0.261. The predicted octanol–water partition coefficient (Wildman–Crippen LogP) is 6.13. The fraction of sp³-hybridized carbons (Fsp3) is 0.281. The third-order valence-electron chi connectivity index (χ3n) is 7.94. The Balaban J connectivity index is 1.37. The van der Waals surface area contributed by atoms with Gasteiger partial charge in [0.15, 0.2) is 0 Å². The summed E-state index contributed by atoms with van der Waals surface area (Å²) in [5.41, 5.74) is 2.29. The van der Waals surface area contributed by atoms with Gasteiger partial charge >= 0.3 is 5.69 Å². The number of nitrogens with one attached hydrogen (secondary N) is 1. The van der Waals surface area contributed by atoms with Gasteiger partial charge < -0.3 is 15.0 Å². The van der Waals surface area contributed by atoms with Gasteiger partial charge in [0.2, 0.25) is 0 Å². The van der Waals surface area contributed by atoms with E-state index in [1.54, 1.807) is 39.8 Å². The number of imidazole rings is 1. The lowest BCUT2D eigenvalue weighted by Crippen LogP contribution is -2.41. The number of aromatic nitrogens is 2. The number of ether oxygens (including phenoxy) is 1. The van der Waals surface area contributed by atoms with Gasteiger partial charge in [-0.25, -0.2) is 4.79 Å². The van der Waals surface area contributed by atoms with Gasteiger partial charge in [-0.05, 0) is 90.1 Å². The molecule has 2 aliphatic rings. The second-order valence-electron chi connectivity index (χ2n) is 10.7. The van der Waals surface area contributed by atoms with E-state index in [0.29, 0.717) is 33.0 Å². The van der Waals surface area contributed by atoms with Crippen molar-refractivity contribution >= 4 is 39.3 Å². The highest BCUT2D eigenvalue weighted by atomic mass is 79.9. The summed E-state index contributed by atoms with van der Waals surface area (Å²) < 4.78 is 9.74. The molecule has 1 aliphatic heterocycles. The standard InChI is InChI=1S/C32H30BrClN4O4/c1-20(21-6-3-2-4-7-21)35-30(39)29-28-19-36(31(40)22-10-15-26(33)27(34)18-22)16-17-37(28)32(41)38(29)23-11-13-25(14-12-23)42-24-8-5-9-24/h2-4,6-7,10-15,18,20,24H,5,8-9,16-17,19H2,1H3,(H,35,39). The van der Waals surface area contributed by atoms with Gasteiger partial charge in [0.25, 0.3) is 11.8 Å². The lowest BCUT2D eigenvalue weighted by Gasteiger charge is -2.28. The predicted molar refractivity (Wildman–Crippen MR) is 165 cm³/mol. The third kappa shape index (κ3) is 5.51. The van der Waals surface area contributed by atoms with Crippen LogP contribution >= 0.6 is 27.5 Å². The highest BCUT2D eigenvalue weighted by Crippen LogP contribution is 2.28. The molecule has 1 saturated carbocycles. The Kier molecular flexibility index (Phi) is 7.96. The zero-order chi connectivity index (χ0) is 29.4. The van der Waals surface area contributed by atoms with Gasteiger partial charge in [-0.2, -0.15) is 0 Å². The van der Waals surface area contributed by atoms with E-state index in [-0.39, 0.29) is 42.5 Å². The monoisotopic (exact) mass is 648 g/mol. The Bertz CT molecular complexity index is 1700. The Morgan fingerprint density at radius 2 is 1.76 bits per heavy atom. The minimum atomic E-state index is -0.395. The van der Waals surface area contributed by atoms with E-state index in [1.165, 1.54) is 11.0 Å². The van der Waals surface area contributed by atoms with Crippen molar-refractivity contribution in [1.29, 1.82) is 0 Å². The van der Waals surface area contributed by atoms with Crippen LogP contribution < -0.4 is 15.7 Å². The van der Waals surface area contributed by atoms with Crippen molar-refractivity contribution in [2.24, 2.45) is 0 Å². The molecule has 1 atom stereocenters. The van der Waals surface area contributed by atoms with Crippen LogP contribution in [0.2, 0.25) is 5.02 Å².